The van der Waals surface area contributed by atoms with Crippen molar-refractivity contribution in [1.82, 2.24) is 74.1 Å². The van der Waals surface area contributed by atoms with Gasteiger partial charge in [-0.25, -0.2) is 0 Å². The number of amides is 13. The lowest BCUT2D eigenvalue weighted by Gasteiger charge is -2.29. The second-order valence-electron chi connectivity index (χ2n) is 28.4. The lowest BCUT2D eigenvalue weighted by Crippen LogP contribution is -2.62. The number of hydrogen-bond acceptors (Lipinski definition) is 22. The predicted molar refractivity (Wildman–Crippen MR) is 429 cm³/mol. The van der Waals surface area contributed by atoms with Gasteiger partial charge in [-0.3, -0.25) is 66.9 Å². The Hall–Kier alpha value is -10.4. The van der Waals surface area contributed by atoms with Gasteiger partial charge in [0.25, 0.3) is 10.1 Å². The van der Waals surface area contributed by atoms with Crippen LogP contribution in [0.25, 0.3) is 10.9 Å². The van der Waals surface area contributed by atoms with Crippen LogP contribution in [-0.2, 0) is 98.1 Å². The monoisotopic (exact) mass is 1640 g/mol. The van der Waals surface area contributed by atoms with E-state index in [1.165, 1.54) is 6.92 Å². The Kier molecular flexibility index (Phi) is 39.7. The van der Waals surface area contributed by atoms with Crippen molar-refractivity contribution < 1.29 is 90.6 Å². The van der Waals surface area contributed by atoms with E-state index in [0.29, 0.717) is 52.4 Å². The Morgan fingerprint density at radius 2 is 0.817 bits per heavy atom. The van der Waals surface area contributed by atoms with Gasteiger partial charge >= 0.3 is 0 Å². The molecule has 5 rings (SSSR count). The van der Waals surface area contributed by atoms with Crippen LogP contribution in [-0.4, -0.2) is 239 Å². The van der Waals surface area contributed by atoms with Crippen LogP contribution in [0.4, 0.5) is 0 Å². The Morgan fingerprint density at radius 1 is 0.435 bits per heavy atom. The third-order valence-electron chi connectivity index (χ3n) is 18.5. The zero-order chi connectivity index (χ0) is 85.1. The normalized spacial score (nSPS) is 15.3. The van der Waals surface area contributed by atoms with E-state index in [9.17, 15) is 76.2 Å². The zero-order valence-corrected chi connectivity index (χ0v) is 66.8. The molecule has 0 aliphatic rings. The Balaban J connectivity index is 1.37. The molecule has 24 N–H and O–H groups in total. The molecular weight excluding hydrogens is 1530 g/mol. The van der Waals surface area contributed by atoms with Crippen molar-refractivity contribution in [3.63, 3.8) is 0 Å². The number of benzene rings is 4. The summed E-state index contributed by atoms with van der Waals surface area (Å²) in [6.45, 7) is 7.00. The number of carbonyl (C=O) groups excluding carboxylic acids is 13. The van der Waals surface area contributed by atoms with Crippen LogP contribution in [0.3, 0.4) is 0 Å². The van der Waals surface area contributed by atoms with Crippen LogP contribution in [0, 0.1) is 5.92 Å². The standard InChI is InChI=1S/C77H111N17O19S2/c1-43(2)63(80)75(108)82-39-62(98)86-61(41-114)74(107)88-55(30-18-20-32-78)68(101)83-44(3)66(99)89-57(35-49-24-12-8-13-25-49)70(103)90-58(36-50-26-14-9-15-27-50)71(104)91-59(37-51-38-81-54-29-17-16-28-53(51)54)72(105)87-56(31-19-21-33-79)69(102)94-64(46(5)96)76(109)84-45(4)67(100)93-65(47(6)97)77(110)92-60(40-95)73(106)85-52(42-115(111,112)113)34-48-22-10-7-11-23-48/h7-17,22-29,38,43-47,52,55-61,63-65,81,95-97,114H,18-21,30-37,39-42,78-80H2,1-6H3,(H,82,108)(H,83,101)(H,84,109)(H,85,106)(H,86,98)(H,87,105)(H,88,107)(H,89,99)(H,90,103)(H,91,104)(H,92,110)(H,93,100)(H,94,102)(H,111,112,113)/t44-,45-,46+,47+,52?,55-,56-,57-,58-,59+,60-,61-,63+,64-,65-/m0/s1. The number of rotatable bonds is 49. The number of thiol groups is 1. The van der Waals surface area contributed by atoms with Gasteiger partial charge in [0.1, 0.15) is 66.5 Å². The summed E-state index contributed by atoms with van der Waals surface area (Å²) in [4.78, 5) is 185. The first-order valence-electron chi connectivity index (χ1n) is 37.8. The molecule has 1 unspecified atom stereocenters. The molecule has 0 saturated carbocycles. The number of aromatic nitrogens is 1. The number of nitrogens with two attached hydrogens (primary N) is 3. The molecule has 0 radical (unpaired) electrons. The molecule has 0 aliphatic carbocycles. The van der Waals surface area contributed by atoms with E-state index in [1.54, 1.807) is 135 Å². The molecule has 36 nitrogen and oxygen atoms in total. The average molecular weight is 1640 g/mol. The zero-order valence-electron chi connectivity index (χ0n) is 65.1. The van der Waals surface area contributed by atoms with Crippen molar-refractivity contribution in [3.8, 4) is 0 Å². The first kappa shape index (κ1) is 95.1. The summed E-state index contributed by atoms with van der Waals surface area (Å²) in [6, 6.07) is 13.0. The lowest BCUT2D eigenvalue weighted by molar-refractivity contribution is -0.137. The van der Waals surface area contributed by atoms with Gasteiger partial charge < -0.3 is 107 Å². The number of carbonyl (C=O) groups is 13. The topological polar surface area (TPSA) is 587 Å². The summed E-state index contributed by atoms with van der Waals surface area (Å²) < 4.78 is 33.4. The molecule has 115 heavy (non-hydrogen) atoms. The molecule has 0 aliphatic heterocycles. The van der Waals surface area contributed by atoms with Crippen LogP contribution >= 0.6 is 12.6 Å². The smallest absolute Gasteiger partial charge is 0.266 e. The van der Waals surface area contributed by atoms with Crippen molar-refractivity contribution in [2.24, 2.45) is 23.1 Å². The second-order valence-corrected chi connectivity index (χ2v) is 30.3. The van der Waals surface area contributed by atoms with E-state index in [2.05, 4.69) is 86.7 Å². The number of nitrogens with one attached hydrogen (secondary N) is 14. The summed E-state index contributed by atoms with van der Waals surface area (Å²) in [5.41, 5.74) is 20.4. The minimum Gasteiger partial charge on any atom is -0.394 e. The number of aliphatic hydroxyl groups is 3. The SMILES string of the molecule is CC(C)[C@@H](N)C(=O)NCC(=O)N[C@@H](CS)C(=O)N[C@@H](CCCCN)C(=O)N[C@@H](C)C(=O)N[C@@H](Cc1ccccc1)C(=O)N[C@@H](Cc1ccccc1)C(=O)N[C@H](Cc1c[nH]c2ccccc12)C(=O)N[C@@H](CCCCN)C(=O)N[C@H](C(=O)N[C@@H](C)C(=O)N[C@H](C(=O)N[C@@H](CO)C(=O)NC(Cc1ccccc1)CS(=O)(=O)O)[C@@H](C)O)[C@@H](C)O. The van der Waals surface area contributed by atoms with Gasteiger partial charge in [0.05, 0.1) is 37.2 Å². The van der Waals surface area contributed by atoms with Crippen molar-refractivity contribution >= 4 is 110 Å². The molecule has 38 heteroatoms. The van der Waals surface area contributed by atoms with Crippen LogP contribution in [0.2, 0.25) is 0 Å². The molecule has 1 aromatic heterocycles. The average Bonchev–Trinajstić information content (AvgIpc) is 1.76. The van der Waals surface area contributed by atoms with Gasteiger partial charge in [-0.05, 0) is 120 Å². The third-order valence-corrected chi connectivity index (χ3v) is 19.7. The number of aromatic amines is 1. The van der Waals surface area contributed by atoms with Crippen LogP contribution in [0.15, 0.2) is 121 Å². The van der Waals surface area contributed by atoms with E-state index in [-0.39, 0.29) is 69.7 Å². The molecule has 15 atom stereocenters. The van der Waals surface area contributed by atoms with Crippen LogP contribution in [0.1, 0.15) is 102 Å². The van der Waals surface area contributed by atoms with Crippen LogP contribution < -0.4 is 86.3 Å². The number of unbranched alkanes of at least 4 members (excludes halogenated alkanes) is 2. The van der Waals surface area contributed by atoms with Crippen molar-refractivity contribution in [1.29, 1.82) is 0 Å². The number of para-hydroxylation sites is 1. The number of H-pyrrole nitrogens is 1. The maximum Gasteiger partial charge on any atom is 0.266 e. The van der Waals surface area contributed by atoms with E-state index >= 15 is 14.4 Å². The fourth-order valence-corrected chi connectivity index (χ4v) is 12.9. The Bertz CT molecular complexity index is 4170. The summed E-state index contributed by atoms with van der Waals surface area (Å²) in [7, 11) is -4.66. The van der Waals surface area contributed by atoms with Gasteiger partial charge in [-0.2, -0.15) is 21.0 Å². The Morgan fingerprint density at radius 3 is 1.28 bits per heavy atom. The summed E-state index contributed by atoms with van der Waals surface area (Å²) >= 11 is 4.23. The number of fused-ring (bicyclic) bond motifs is 1. The van der Waals surface area contributed by atoms with Crippen LogP contribution in [0.5, 0.6) is 0 Å². The summed E-state index contributed by atoms with van der Waals surface area (Å²) in [5.74, 6) is -13.6. The highest BCUT2D eigenvalue weighted by Gasteiger charge is 2.38. The molecule has 4 aromatic carbocycles. The maximum absolute atomic E-state index is 15.2. The van der Waals surface area contributed by atoms with E-state index in [4.69, 9.17) is 17.2 Å². The molecule has 0 saturated heterocycles. The van der Waals surface area contributed by atoms with Gasteiger partial charge in [0.15, 0.2) is 0 Å². The van der Waals surface area contributed by atoms with Gasteiger partial charge in [-0.15, -0.1) is 0 Å². The molecule has 0 spiro atoms. The molecular formula is C77H111N17O19S2. The molecule has 0 fully saturated rings. The number of aliphatic hydroxyl groups excluding tert-OH is 3. The van der Waals surface area contributed by atoms with Gasteiger partial charge in [-0.1, -0.05) is 123 Å². The highest BCUT2D eigenvalue weighted by Crippen LogP contribution is 2.21. The largest absolute Gasteiger partial charge is 0.394 e. The quantitative estimate of drug-likeness (QED) is 0.0101. The minimum absolute atomic E-state index is 0.0350. The minimum atomic E-state index is -4.66. The molecule has 13 amide bonds. The van der Waals surface area contributed by atoms with Crippen molar-refractivity contribution in [2.45, 2.75) is 197 Å². The Labute approximate surface area is 673 Å². The summed E-state index contributed by atoms with van der Waals surface area (Å²) in [6.07, 6.45) is -1.30. The molecule has 1 heterocycles. The maximum atomic E-state index is 15.2. The third kappa shape index (κ3) is 32.4. The highest BCUT2D eigenvalue weighted by molar-refractivity contribution is 7.85. The molecule has 0 bridgehead atoms. The van der Waals surface area contributed by atoms with E-state index in [1.807, 2.05) is 0 Å². The first-order valence-corrected chi connectivity index (χ1v) is 40.1. The first-order chi connectivity index (χ1) is 54.6. The summed E-state index contributed by atoms with van der Waals surface area (Å²) in [5, 5.41) is 65.3. The second kappa shape index (κ2) is 48.0. The lowest BCUT2D eigenvalue weighted by atomic mass is 10.00. The number of hydrogen-bond donors (Lipinski definition) is 22. The predicted octanol–water partition coefficient (Wildman–Crippen LogP) is -3.78. The van der Waals surface area contributed by atoms with Gasteiger partial charge in [0, 0.05) is 48.2 Å². The van der Waals surface area contributed by atoms with E-state index < -0.39 is 197 Å². The van der Waals surface area contributed by atoms with Crippen molar-refractivity contribution in [3.05, 3.63) is 144 Å². The highest BCUT2D eigenvalue weighted by atomic mass is 32.2. The van der Waals surface area contributed by atoms with Crippen molar-refractivity contribution in [2.75, 3.05) is 37.7 Å². The van der Waals surface area contributed by atoms with Gasteiger partial charge in [0.2, 0.25) is 76.8 Å². The fourth-order valence-electron chi connectivity index (χ4n) is 11.9. The fraction of sp³-hybridized carbons (Fsp3) is 0.494. The van der Waals surface area contributed by atoms with E-state index in [0.717, 1.165) is 20.8 Å². The molecule has 5 aromatic rings. The molecule has 630 valence electrons.